The Morgan fingerprint density at radius 2 is 0.420 bits per heavy atom. The number of aliphatic hydroxyl groups is 2. The standard InChI is InChI=1S/C12H26O4.C11H24O4.C9H20O3.2C7H16O2.C6H14O2.12CH4/c1-4-12(3)16-11-10-15-9-8-14-7-6-13-5-2;1-4-11(2)15-10-9-14-8-7-13-6-5-12-3;1-4-9(2)12-8-7-11-6-5-10-3;1-4-7(2)9-6-5-8-3;1-3-7(2)9-6-4-5-8;1-3-6(2)8-5-4-7;;;;;;;;;;;;/h12H,4-11H2,1-3H3;11H,4-10H2,1-3H3;9H,4-8H2,1-3H3;7H,4-6H2,1-3H3;7-8H,3-6H2,1-2H3;6-7H,3-5H2,1-2H3;12*1H4. The molecule has 6 atom stereocenters. The summed E-state index contributed by atoms with van der Waals surface area (Å²) < 4.78 is 78.0. The molecule has 0 aliphatic rings. The van der Waals surface area contributed by atoms with Crippen LogP contribution in [0.5, 0.6) is 0 Å². The number of hydrogen-bond donors (Lipinski definition) is 2. The van der Waals surface area contributed by atoms with Crippen molar-refractivity contribution in [3.05, 3.63) is 0 Å². The third-order valence-electron chi connectivity index (χ3n) is 9.41. The molecule has 0 bridgehead atoms. The predicted molar refractivity (Wildman–Crippen MR) is 360 cm³/mol. The van der Waals surface area contributed by atoms with Crippen LogP contribution in [0.4, 0.5) is 0 Å². The van der Waals surface area contributed by atoms with Crippen LogP contribution in [0.25, 0.3) is 0 Å². The fraction of sp³-hybridized carbons (Fsp3) is 1.00. The fourth-order valence-corrected chi connectivity index (χ4v) is 3.86. The summed E-state index contributed by atoms with van der Waals surface area (Å²) in [6.45, 7) is 40.8. The molecular formula is C64H164O17. The first-order valence-corrected chi connectivity index (χ1v) is 26.2. The molecule has 0 fully saturated rings. The SMILES string of the molecule is C.C.C.C.C.C.C.C.C.C.C.C.CCC(C)OCCCO.CCC(C)OCCO.CCC(C)OCCOC.CCC(C)OCCOCCOC.CCC(C)OCCOCCOCCOC.CCOCCOCCOCCOC(C)CC. The van der Waals surface area contributed by atoms with Crippen molar-refractivity contribution in [2.24, 2.45) is 0 Å². The maximum absolute atomic E-state index is 8.37. The van der Waals surface area contributed by atoms with Crippen LogP contribution in [0.1, 0.15) is 224 Å². The Bertz CT molecular complexity index is 797. The molecule has 0 amide bonds. The molecule has 0 radical (unpaired) electrons. The quantitative estimate of drug-likeness (QED) is 0.0550. The first-order chi connectivity index (χ1) is 33.3. The number of rotatable bonds is 45. The molecule has 2 N–H and O–H groups in total. The maximum atomic E-state index is 8.37. The minimum absolute atomic E-state index is 0. The highest BCUT2D eigenvalue weighted by Crippen LogP contribution is 1.98. The van der Waals surface area contributed by atoms with E-state index in [2.05, 4.69) is 69.2 Å². The molecule has 0 saturated carbocycles. The number of aliphatic hydroxyl groups excluding tert-OH is 2. The van der Waals surface area contributed by atoms with Gasteiger partial charge in [0.15, 0.2) is 0 Å². The molecule has 0 aromatic rings. The van der Waals surface area contributed by atoms with Crippen molar-refractivity contribution in [3.63, 3.8) is 0 Å². The highest BCUT2D eigenvalue weighted by Gasteiger charge is 2.00. The van der Waals surface area contributed by atoms with E-state index < -0.39 is 0 Å². The van der Waals surface area contributed by atoms with Gasteiger partial charge in [-0.3, -0.25) is 0 Å². The molecule has 0 aromatic carbocycles. The summed E-state index contributed by atoms with van der Waals surface area (Å²) in [4.78, 5) is 0. The van der Waals surface area contributed by atoms with Gasteiger partial charge in [-0.25, -0.2) is 0 Å². The number of methoxy groups -OCH3 is 3. The monoisotopic (exact) mass is 1210 g/mol. The van der Waals surface area contributed by atoms with E-state index in [1.54, 1.807) is 21.3 Å². The minimum Gasteiger partial charge on any atom is -0.396 e. The second-order valence-corrected chi connectivity index (χ2v) is 15.6. The van der Waals surface area contributed by atoms with Gasteiger partial charge in [0.25, 0.3) is 0 Å². The zero-order chi connectivity index (χ0) is 53.3. The van der Waals surface area contributed by atoms with E-state index in [1.807, 2.05) is 20.8 Å². The molecule has 0 aliphatic carbocycles. The van der Waals surface area contributed by atoms with E-state index in [-0.39, 0.29) is 102 Å². The van der Waals surface area contributed by atoms with Crippen LogP contribution in [0.15, 0.2) is 0 Å². The average molecular weight is 1210 g/mol. The Labute approximate surface area is 513 Å². The van der Waals surface area contributed by atoms with Gasteiger partial charge in [0.2, 0.25) is 0 Å². The van der Waals surface area contributed by atoms with Gasteiger partial charge in [0.05, 0.1) is 169 Å². The molecule has 0 heterocycles. The Morgan fingerprint density at radius 3 is 0.630 bits per heavy atom. The van der Waals surface area contributed by atoms with E-state index >= 15 is 0 Å². The summed E-state index contributed by atoms with van der Waals surface area (Å²) >= 11 is 0. The molecule has 17 heteroatoms. The first-order valence-electron chi connectivity index (χ1n) is 26.2. The van der Waals surface area contributed by atoms with Crippen molar-refractivity contribution >= 4 is 0 Å². The first kappa shape index (κ1) is 130. The van der Waals surface area contributed by atoms with Gasteiger partial charge >= 0.3 is 0 Å². The van der Waals surface area contributed by atoms with E-state index in [4.69, 9.17) is 81.3 Å². The van der Waals surface area contributed by atoms with E-state index in [1.165, 1.54) is 0 Å². The molecule has 0 rings (SSSR count). The summed E-state index contributed by atoms with van der Waals surface area (Å²) in [6, 6.07) is 0. The zero-order valence-corrected chi connectivity index (χ0v) is 47.7. The van der Waals surface area contributed by atoms with Crippen LogP contribution in [0, 0.1) is 0 Å². The lowest BCUT2D eigenvalue weighted by atomic mass is 10.3. The van der Waals surface area contributed by atoms with Crippen LogP contribution in [0.2, 0.25) is 0 Å². The Hall–Kier alpha value is -0.680. The van der Waals surface area contributed by atoms with Crippen molar-refractivity contribution in [1.29, 1.82) is 0 Å². The minimum atomic E-state index is 0. The maximum Gasteiger partial charge on any atom is 0.0704 e. The normalized spacial score (nSPS) is 11.3. The summed E-state index contributed by atoms with van der Waals surface area (Å²) in [5.74, 6) is 0. The Kier molecular flexibility index (Phi) is 201. The molecule has 0 aromatic heterocycles. The van der Waals surface area contributed by atoms with Crippen LogP contribution >= 0.6 is 0 Å². The third-order valence-corrected chi connectivity index (χ3v) is 9.41. The number of hydrogen-bond acceptors (Lipinski definition) is 17. The lowest BCUT2D eigenvalue weighted by Gasteiger charge is -2.10. The lowest BCUT2D eigenvalue weighted by Crippen LogP contribution is -2.14. The molecule has 522 valence electrons. The molecular weight excluding hydrogens is 1040 g/mol. The van der Waals surface area contributed by atoms with Crippen LogP contribution in [-0.2, 0) is 71.1 Å². The predicted octanol–water partition coefficient (Wildman–Crippen LogP) is 15.9. The van der Waals surface area contributed by atoms with Crippen molar-refractivity contribution in [1.82, 2.24) is 0 Å². The van der Waals surface area contributed by atoms with Gasteiger partial charge in [0, 0.05) is 41.2 Å². The van der Waals surface area contributed by atoms with E-state index in [0.29, 0.717) is 169 Å². The second-order valence-electron chi connectivity index (χ2n) is 15.6. The van der Waals surface area contributed by atoms with Crippen molar-refractivity contribution in [2.75, 3.05) is 173 Å². The Balaban J connectivity index is -0.0000000362. The van der Waals surface area contributed by atoms with Gasteiger partial charge in [-0.1, -0.05) is 131 Å². The van der Waals surface area contributed by atoms with Crippen molar-refractivity contribution in [2.45, 2.75) is 261 Å². The number of ether oxygens (including phenoxy) is 15. The van der Waals surface area contributed by atoms with E-state index in [9.17, 15) is 0 Å². The van der Waals surface area contributed by atoms with Gasteiger partial charge in [-0.05, 0) is 93.4 Å². The largest absolute Gasteiger partial charge is 0.396 e. The molecule has 81 heavy (non-hydrogen) atoms. The third kappa shape index (κ3) is 149. The van der Waals surface area contributed by atoms with E-state index in [0.717, 1.165) is 51.6 Å². The fourth-order valence-electron chi connectivity index (χ4n) is 3.86. The smallest absolute Gasteiger partial charge is 0.0704 e. The highest BCUT2D eigenvalue weighted by atomic mass is 16.6. The summed E-state index contributed by atoms with van der Waals surface area (Å²) in [5.41, 5.74) is 0. The summed E-state index contributed by atoms with van der Waals surface area (Å²) in [7, 11) is 5.01. The molecule has 17 nitrogen and oxygen atoms in total. The zero-order valence-electron chi connectivity index (χ0n) is 47.7. The second kappa shape index (κ2) is 125. The van der Waals surface area contributed by atoms with Gasteiger partial charge in [-0.2, -0.15) is 0 Å². The molecule has 0 aliphatic heterocycles. The highest BCUT2D eigenvalue weighted by molar-refractivity contribution is 4.47. The average Bonchev–Trinajstić information content (AvgIpc) is 3.37. The topological polar surface area (TPSA) is 179 Å². The van der Waals surface area contributed by atoms with Crippen LogP contribution in [0.3, 0.4) is 0 Å². The molecule has 0 saturated heterocycles. The Morgan fingerprint density at radius 1 is 0.235 bits per heavy atom. The van der Waals surface area contributed by atoms with Gasteiger partial charge in [-0.15, -0.1) is 0 Å². The van der Waals surface area contributed by atoms with Crippen molar-refractivity contribution < 1.29 is 81.3 Å². The van der Waals surface area contributed by atoms with Crippen molar-refractivity contribution in [3.8, 4) is 0 Å². The van der Waals surface area contributed by atoms with Crippen LogP contribution in [-0.4, -0.2) is 220 Å². The lowest BCUT2D eigenvalue weighted by molar-refractivity contribution is -0.0147. The summed E-state index contributed by atoms with van der Waals surface area (Å²) in [5, 5.41) is 16.7. The van der Waals surface area contributed by atoms with Gasteiger partial charge < -0.3 is 81.3 Å². The van der Waals surface area contributed by atoms with Crippen LogP contribution < -0.4 is 0 Å². The van der Waals surface area contributed by atoms with Gasteiger partial charge in [0.1, 0.15) is 0 Å². The summed E-state index contributed by atoms with van der Waals surface area (Å²) in [6.07, 6.45) is 9.03. The molecule has 6 unspecified atom stereocenters. The molecule has 0 spiro atoms.